The van der Waals surface area contributed by atoms with Gasteiger partial charge in [-0.3, -0.25) is 0 Å². The molecule has 2 rings (SSSR count). The topological polar surface area (TPSA) is 0 Å². The molecule has 2 fully saturated rings. The fraction of sp³-hybridized carbons (Fsp3) is 1.00. The van der Waals surface area contributed by atoms with E-state index in [0.717, 1.165) is 10.8 Å². The van der Waals surface area contributed by atoms with E-state index in [-0.39, 0.29) is 0 Å². The minimum Gasteiger partial charge on any atom is -0.0654 e. The molecule has 0 bridgehead atoms. The van der Waals surface area contributed by atoms with E-state index in [2.05, 4.69) is 13.8 Å². The SMILES string of the molecule is CCCC1(CCC)CCC2(CCCC2)CC1. The van der Waals surface area contributed by atoms with Crippen LogP contribution in [0.3, 0.4) is 0 Å². The minimum atomic E-state index is 0.761. The third kappa shape index (κ3) is 2.46. The van der Waals surface area contributed by atoms with Crippen LogP contribution in [0.5, 0.6) is 0 Å². The van der Waals surface area contributed by atoms with Crippen molar-refractivity contribution in [2.45, 2.75) is 90.9 Å². The van der Waals surface area contributed by atoms with Crippen LogP contribution < -0.4 is 0 Å². The van der Waals surface area contributed by atoms with Crippen molar-refractivity contribution >= 4 is 0 Å². The average Bonchev–Trinajstić information content (AvgIpc) is 2.73. The molecule has 0 nitrogen and oxygen atoms in total. The number of rotatable bonds is 4. The van der Waals surface area contributed by atoms with Gasteiger partial charge >= 0.3 is 0 Å². The number of hydrogen-bond donors (Lipinski definition) is 0. The first-order valence-electron chi connectivity index (χ1n) is 7.74. The molecule has 0 heterocycles. The van der Waals surface area contributed by atoms with Crippen LogP contribution in [0.25, 0.3) is 0 Å². The molecule has 0 amide bonds. The second-order valence-electron chi connectivity index (χ2n) is 6.71. The Bertz CT molecular complexity index is 192. The van der Waals surface area contributed by atoms with Crippen molar-refractivity contribution in [3.8, 4) is 0 Å². The molecular weight excluding hydrogens is 192 g/mol. The zero-order valence-electron chi connectivity index (χ0n) is 11.5. The summed E-state index contributed by atoms with van der Waals surface area (Å²) in [5.41, 5.74) is 1.59. The zero-order valence-corrected chi connectivity index (χ0v) is 11.5. The molecule has 0 saturated heterocycles. The predicted octanol–water partition coefficient (Wildman–Crippen LogP) is 5.71. The minimum absolute atomic E-state index is 0.761. The van der Waals surface area contributed by atoms with E-state index >= 15 is 0 Å². The molecule has 1 spiro atoms. The first kappa shape index (κ1) is 12.5. The van der Waals surface area contributed by atoms with Gasteiger partial charge in [0.05, 0.1) is 0 Å². The van der Waals surface area contributed by atoms with E-state index in [0.29, 0.717) is 0 Å². The summed E-state index contributed by atoms with van der Waals surface area (Å²) in [7, 11) is 0. The second-order valence-corrected chi connectivity index (χ2v) is 6.71. The van der Waals surface area contributed by atoms with Crippen LogP contribution in [-0.4, -0.2) is 0 Å². The summed E-state index contributed by atoms with van der Waals surface area (Å²) >= 11 is 0. The molecule has 0 atom stereocenters. The van der Waals surface area contributed by atoms with Gasteiger partial charge in [0.15, 0.2) is 0 Å². The molecule has 0 aromatic carbocycles. The van der Waals surface area contributed by atoms with Crippen LogP contribution in [-0.2, 0) is 0 Å². The molecule has 0 N–H and O–H groups in total. The Morgan fingerprint density at radius 3 is 1.62 bits per heavy atom. The first-order valence-corrected chi connectivity index (χ1v) is 7.74. The Balaban J connectivity index is 1.94. The van der Waals surface area contributed by atoms with E-state index in [1.807, 2.05) is 0 Å². The molecule has 0 radical (unpaired) electrons. The first-order chi connectivity index (χ1) is 7.74. The Labute approximate surface area is 102 Å². The summed E-state index contributed by atoms with van der Waals surface area (Å²) in [4.78, 5) is 0. The Hall–Kier alpha value is 0. The van der Waals surface area contributed by atoms with Crippen LogP contribution in [0, 0.1) is 10.8 Å². The quantitative estimate of drug-likeness (QED) is 0.571. The average molecular weight is 222 g/mol. The van der Waals surface area contributed by atoms with Crippen molar-refractivity contribution in [1.29, 1.82) is 0 Å². The molecule has 2 saturated carbocycles. The maximum absolute atomic E-state index is 2.37. The van der Waals surface area contributed by atoms with Gasteiger partial charge in [-0.25, -0.2) is 0 Å². The lowest BCUT2D eigenvalue weighted by molar-refractivity contribution is 0.0642. The highest BCUT2D eigenvalue weighted by Gasteiger charge is 2.42. The van der Waals surface area contributed by atoms with E-state index in [9.17, 15) is 0 Å². The number of hydrogen-bond acceptors (Lipinski definition) is 0. The lowest BCUT2D eigenvalue weighted by atomic mass is 9.60. The van der Waals surface area contributed by atoms with Crippen molar-refractivity contribution in [3.63, 3.8) is 0 Å². The van der Waals surface area contributed by atoms with Crippen LogP contribution in [0.1, 0.15) is 90.9 Å². The van der Waals surface area contributed by atoms with Crippen LogP contribution in [0.2, 0.25) is 0 Å². The molecule has 0 aromatic rings. The Morgan fingerprint density at radius 1 is 0.688 bits per heavy atom. The van der Waals surface area contributed by atoms with E-state index in [4.69, 9.17) is 0 Å². The Morgan fingerprint density at radius 2 is 1.19 bits per heavy atom. The third-order valence-corrected chi connectivity index (χ3v) is 5.60. The fourth-order valence-corrected chi connectivity index (χ4v) is 4.62. The summed E-state index contributed by atoms with van der Waals surface area (Å²) in [5.74, 6) is 0. The highest BCUT2D eigenvalue weighted by molar-refractivity contribution is 4.94. The van der Waals surface area contributed by atoms with Gasteiger partial charge in [0.2, 0.25) is 0 Å². The van der Waals surface area contributed by atoms with Crippen LogP contribution in [0.15, 0.2) is 0 Å². The van der Waals surface area contributed by atoms with Gasteiger partial charge in [-0.2, -0.15) is 0 Å². The predicted molar refractivity (Wildman–Crippen MR) is 71.6 cm³/mol. The maximum Gasteiger partial charge on any atom is -0.0297 e. The molecule has 0 unspecified atom stereocenters. The third-order valence-electron chi connectivity index (χ3n) is 5.60. The lowest BCUT2D eigenvalue weighted by Gasteiger charge is -2.45. The molecule has 0 heteroatoms. The van der Waals surface area contributed by atoms with Crippen molar-refractivity contribution in [3.05, 3.63) is 0 Å². The van der Waals surface area contributed by atoms with E-state index in [1.165, 1.54) is 38.5 Å². The lowest BCUT2D eigenvalue weighted by Crippen LogP contribution is -2.32. The smallest absolute Gasteiger partial charge is 0.0297 e. The molecule has 0 aliphatic heterocycles. The van der Waals surface area contributed by atoms with Gasteiger partial charge < -0.3 is 0 Å². The monoisotopic (exact) mass is 222 g/mol. The normalized spacial score (nSPS) is 27.4. The highest BCUT2D eigenvalue weighted by atomic mass is 14.5. The van der Waals surface area contributed by atoms with Crippen LogP contribution in [0.4, 0.5) is 0 Å². The van der Waals surface area contributed by atoms with E-state index in [1.54, 1.807) is 38.5 Å². The Kier molecular flexibility index (Phi) is 3.97. The second kappa shape index (κ2) is 5.10. The summed E-state index contributed by atoms with van der Waals surface area (Å²) in [6, 6.07) is 0. The summed E-state index contributed by atoms with van der Waals surface area (Å²) in [6.07, 6.45) is 18.2. The van der Waals surface area contributed by atoms with Crippen molar-refractivity contribution in [2.24, 2.45) is 10.8 Å². The van der Waals surface area contributed by atoms with Gasteiger partial charge in [-0.05, 0) is 62.2 Å². The largest absolute Gasteiger partial charge is 0.0654 e. The molecule has 2 aliphatic rings. The molecular formula is C16H30. The van der Waals surface area contributed by atoms with Crippen molar-refractivity contribution < 1.29 is 0 Å². The molecule has 0 aromatic heterocycles. The van der Waals surface area contributed by atoms with Gasteiger partial charge in [0, 0.05) is 0 Å². The van der Waals surface area contributed by atoms with Crippen molar-refractivity contribution in [1.82, 2.24) is 0 Å². The van der Waals surface area contributed by atoms with Gasteiger partial charge in [-0.1, -0.05) is 39.5 Å². The molecule has 16 heavy (non-hydrogen) atoms. The van der Waals surface area contributed by atoms with Gasteiger partial charge in [-0.15, -0.1) is 0 Å². The zero-order chi connectivity index (χ0) is 11.5. The van der Waals surface area contributed by atoms with Gasteiger partial charge in [0.25, 0.3) is 0 Å². The molecule has 2 aliphatic carbocycles. The summed E-state index contributed by atoms with van der Waals surface area (Å²) in [5, 5.41) is 0. The summed E-state index contributed by atoms with van der Waals surface area (Å²) in [6.45, 7) is 4.74. The maximum atomic E-state index is 2.37. The van der Waals surface area contributed by atoms with Crippen molar-refractivity contribution in [2.75, 3.05) is 0 Å². The fourth-order valence-electron chi connectivity index (χ4n) is 4.62. The van der Waals surface area contributed by atoms with Crippen LogP contribution >= 0.6 is 0 Å². The van der Waals surface area contributed by atoms with Gasteiger partial charge in [0.1, 0.15) is 0 Å². The summed E-state index contributed by atoms with van der Waals surface area (Å²) < 4.78 is 0. The molecule has 94 valence electrons. The highest BCUT2D eigenvalue weighted by Crippen LogP contribution is 2.56. The standard InChI is InChI=1S/C16H30/c1-3-7-15(8-4-2)11-13-16(14-12-15)9-5-6-10-16/h3-14H2,1-2H3. The van der Waals surface area contributed by atoms with E-state index < -0.39 is 0 Å².